The van der Waals surface area contributed by atoms with Crippen LogP contribution in [-0.2, 0) is 4.79 Å². The van der Waals surface area contributed by atoms with Crippen molar-refractivity contribution in [3.8, 4) is 0 Å². The minimum absolute atomic E-state index is 0.750. The third-order valence-corrected chi connectivity index (χ3v) is 1.96. The summed E-state index contributed by atoms with van der Waals surface area (Å²) in [6.07, 6.45) is 6.28. The van der Waals surface area contributed by atoms with Crippen molar-refractivity contribution in [3.05, 3.63) is 0 Å². The Bertz CT molecular complexity index is 102. The molecule has 0 N–H and O–H groups in total. The second-order valence-electron chi connectivity index (χ2n) is 3.72. The van der Waals surface area contributed by atoms with Gasteiger partial charge in [0.15, 0.2) is 0 Å². The number of hydrogen-bond acceptors (Lipinski definition) is 1. The summed E-state index contributed by atoms with van der Waals surface area (Å²) in [5.74, 6) is 0.954. The Hall–Kier alpha value is -0.530. The van der Waals surface area contributed by atoms with E-state index in [-0.39, 0.29) is 0 Å². The van der Waals surface area contributed by atoms with E-state index in [1.165, 1.54) is 30.6 Å². The van der Waals surface area contributed by atoms with Crippen LogP contribution in [0, 0.1) is 5.92 Å². The van der Waals surface area contributed by atoms with E-state index in [2.05, 4.69) is 20.8 Å². The summed E-state index contributed by atoms with van der Waals surface area (Å²) in [7, 11) is 3.38. The van der Waals surface area contributed by atoms with E-state index in [0.29, 0.717) is 0 Å². The van der Waals surface area contributed by atoms with Gasteiger partial charge in [-0.2, -0.15) is 0 Å². The zero-order valence-corrected chi connectivity index (χ0v) is 9.84. The first-order valence-electron chi connectivity index (χ1n) is 5.20. The van der Waals surface area contributed by atoms with E-state index < -0.39 is 0 Å². The molecule has 0 heterocycles. The van der Waals surface area contributed by atoms with Gasteiger partial charge in [0.1, 0.15) is 0 Å². The number of nitrogens with zero attached hydrogens (tertiary/aromatic N) is 1. The van der Waals surface area contributed by atoms with E-state index in [1.807, 2.05) is 0 Å². The van der Waals surface area contributed by atoms with Crippen molar-refractivity contribution >= 4 is 6.41 Å². The summed E-state index contributed by atoms with van der Waals surface area (Å²) < 4.78 is 0. The first-order chi connectivity index (χ1) is 6.08. The van der Waals surface area contributed by atoms with Gasteiger partial charge in [0, 0.05) is 14.1 Å². The summed E-state index contributed by atoms with van der Waals surface area (Å²) in [6.45, 7) is 6.85. The summed E-state index contributed by atoms with van der Waals surface area (Å²) >= 11 is 0. The highest BCUT2D eigenvalue weighted by molar-refractivity contribution is 5.45. The molecule has 0 aromatic rings. The highest BCUT2D eigenvalue weighted by Crippen LogP contribution is 2.09. The van der Waals surface area contributed by atoms with Gasteiger partial charge in [-0.3, -0.25) is 4.79 Å². The van der Waals surface area contributed by atoms with Crippen LogP contribution in [-0.4, -0.2) is 25.4 Å². The maximum absolute atomic E-state index is 9.43. The molecule has 0 aliphatic carbocycles. The fraction of sp³-hybridized carbons (Fsp3) is 0.909. The first-order valence-corrected chi connectivity index (χ1v) is 5.20. The maximum Gasteiger partial charge on any atom is 0.209 e. The Morgan fingerprint density at radius 1 is 1.31 bits per heavy atom. The summed E-state index contributed by atoms with van der Waals surface area (Å²) in [6, 6.07) is 0. The number of hydrogen-bond donors (Lipinski definition) is 0. The molecule has 0 saturated carbocycles. The normalized spacial score (nSPS) is 11.2. The van der Waals surface area contributed by atoms with Crippen molar-refractivity contribution in [1.29, 1.82) is 0 Å². The van der Waals surface area contributed by atoms with Crippen LogP contribution in [0.25, 0.3) is 0 Å². The number of carbonyl (C=O) groups is 1. The number of carbonyl (C=O) groups excluding carboxylic acids is 1. The molecule has 0 aliphatic rings. The lowest BCUT2D eigenvalue weighted by molar-refractivity contribution is -0.115. The molecule has 2 nitrogen and oxygen atoms in total. The van der Waals surface area contributed by atoms with Gasteiger partial charge in [-0.15, -0.1) is 0 Å². The smallest absolute Gasteiger partial charge is 0.209 e. The SMILES string of the molecule is CCCCC(C)CC.CN(C)C=O. The van der Waals surface area contributed by atoms with Crippen molar-refractivity contribution in [2.75, 3.05) is 14.1 Å². The molecule has 1 atom stereocenters. The number of unbranched alkanes of at least 4 members (excludes halogenated alkanes) is 1. The van der Waals surface area contributed by atoms with Crippen LogP contribution in [0.1, 0.15) is 46.5 Å². The van der Waals surface area contributed by atoms with Crippen LogP contribution in [0.15, 0.2) is 0 Å². The second-order valence-corrected chi connectivity index (χ2v) is 3.72. The van der Waals surface area contributed by atoms with E-state index in [9.17, 15) is 4.79 Å². The molecule has 2 heteroatoms. The van der Waals surface area contributed by atoms with Gasteiger partial charge in [0.2, 0.25) is 6.41 Å². The van der Waals surface area contributed by atoms with Gasteiger partial charge in [-0.05, 0) is 5.92 Å². The zero-order valence-electron chi connectivity index (χ0n) is 9.84. The zero-order chi connectivity index (χ0) is 10.7. The average Bonchev–Trinajstić information content (AvgIpc) is 2.15. The van der Waals surface area contributed by atoms with Crippen molar-refractivity contribution in [3.63, 3.8) is 0 Å². The molecule has 0 aromatic carbocycles. The summed E-state index contributed by atoms with van der Waals surface area (Å²) in [5.41, 5.74) is 0. The predicted octanol–water partition coefficient (Wildman–Crippen LogP) is 2.93. The Kier molecular flexibility index (Phi) is 13.2. The molecule has 0 radical (unpaired) electrons. The molecule has 0 aliphatic heterocycles. The van der Waals surface area contributed by atoms with Crippen LogP contribution < -0.4 is 0 Å². The van der Waals surface area contributed by atoms with E-state index in [4.69, 9.17) is 0 Å². The second kappa shape index (κ2) is 11.5. The molecule has 0 saturated heterocycles. The quantitative estimate of drug-likeness (QED) is 0.606. The minimum Gasteiger partial charge on any atom is -0.351 e. The summed E-state index contributed by atoms with van der Waals surface area (Å²) in [4.78, 5) is 10.9. The van der Waals surface area contributed by atoms with Gasteiger partial charge in [-0.1, -0.05) is 46.5 Å². The number of rotatable bonds is 5. The third kappa shape index (κ3) is 18.4. The van der Waals surface area contributed by atoms with Gasteiger partial charge < -0.3 is 4.90 Å². The van der Waals surface area contributed by atoms with Crippen molar-refractivity contribution < 1.29 is 4.79 Å². The van der Waals surface area contributed by atoms with E-state index >= 15 is 0 Å². The lowest BCUT2D eigenvalue weighted by Crippen LogP contribution is -2.06. The van der Waals surface area contributed by atoms with E-state index in [1.54, 1.807) is 14.1 Å². The number of amides is 1. The molecule has 0 bridgehead atoms. The molecule has 0 fully saturated rings. The molecule has 1 amide bonds. The fourth-order valence-electron chi connectivity index (χ4n) is 0.757. The predicted molar refractivity (Wildman–Crippen MR) is 58.7 cm³/mol. The van der Waals surface area contributed by atoms with Crippen LogP contribution >= 0.6 is 0 Å². The molecular weight excluding hydrogens is 162 g/mol. The van der Waals surface area contributed by atoms with Crippen molar-refractivity contribution in [2.24, 2.45) is 5.92 Å². The average molecular weight is 187 g/mol. The van der Waals surface area contributed by atoms with Crippen LogP contribution in [0.5, 0.6) is 0 Å². The molecule has 0 rings (SSSR count). The molecule has 80 valence electrons. The van der Waals surface area contributed by atoms with E-state index in [0.717, 1.165) is 12.3 Å². The highest BCUT2D eigenvalue weighted by atomic mass is 16.1. The molecular formula is C11H25NO. The van der Waals surface area contributed by atoms with Crippen molar-refractivity contribution in [2.45, 2.75) is 46.5 Å². The van der Waals surface area contributed by atoms with Gasteiger partial charge in [0.05, 0.1) is 0 Å². The largest absolute Gasteiger partial charge is 0.351 e. The Morgan fingerprint density at radius 2 is 1.77 bits per heavy atom. The molecule has 1 unspecified atom stereocenters. The Morgan fingerprint density at radius 3 is 2.00 bits per heavy atom. The van der Waals surface area contributed by atoms with Crippen LogP contribution in [0.3, 0.4) is 0 Å². The molecule has 0 spiro atoms. The fourth-order valence-corrected chi connectivity index (χ4v) is 0.757. The Labute approximate surface area is 83.3 Å². The standard InChI is InChI=1S/C8H18.C3H7NO/c1-4-6-7-8(3)5-2;1-4(2)3-5/h8H,4-7H2,1-3H3;3H,1-2H3. The first kappa shape index (κ1) is 15.0. The minimum atomic E-state index is 0.750. The van der Waals surface area contributed by atoms with Gasteiger partial charge >= 0.3 is 0 Å². The molecule has 0 aromatic heterocycles. The maximum atomic E-state index is 9.43. The summed E-state index contributed by atoms with van der Waals surface area (Å²) in [5, 5.41) is 0. The van der Waals surface area contributed by atoms with Gasteiger partial charge in [-0.25, -0.2) is 0 Å². The van der Waals surface area contributed by atoms with Crippen LogP contribution in [0.2, 0.25) is 0 Å². The Balaban J connectivity index is 0. The lowest BCUT2D eigenvalue weighted by atomic mass is 10.0. The monoisotopic (exact) mass is 187 g/mol. The highest BCUT2D eigenvalue weighted by Gasteiger charge is 1.94. The third-order valence-electron chi connectivity index (χ3n) is 1.96. The molecule has 13 heavy (non-hydrogen) atoms. The lowest BCUT2D eigenvalue weighted by Gasteiger charge is -2.04. The van der Waals surface area contributed by atoms with Crippen LogP contribution in [0.4, 0.5) is 0 Å². The topological polar surface area (TPSA) is 20.3 Å². The van der Waals surface area contributed by atoms with Crippen molar-refractivity contribution in [1.82, 2.24) is 4.90 Å². The van der Waals surface area contributed by atoms with Gasteiger partial charge in [0.25, 0.3) is 0 Å².